The quantitative estimate of drug-likeness (QED) is 0.216. The second-order valence-electron chi connectivity index (χ2n) is 5.80. The maximum absolute atomic E-state index is 12.2. The largest absolute Gasteiger partial charge is 0.497 e. The zero-order valence-corrected chi connectivity index (χ0v) is 17.2. The van der Waals surface area contributed by atoms with E-state index in [1.54, 1.807) is 49.6 Å². The van der Waals surface area contributed by atoms with Crippen LogP contribution in [-0.4, -0.2) is 20.2 Å². The van der Waals surface area contributed by atoms with Crippen LogP contribution < -0.4 is 14.2 Å². The van der Waals surface area contributed by atoms with Crippen molar-refractivity contribution >= 4 is 33.5 Å². The van der Waals surface area contributed by atoms with E-state index in [1.165, 1.54) is 13.2 Å². The van der Waals surface area contributed by atoms with Crippen LogP contribution >= 0.6 is 15.9 Å². The van der Waals surface area contributed by atoms with Gasteiger partial charge in [-0.3, -0.25) is 0 Å². The lowest BCUT2D eigenvalue weighted by Gasteiger charge is -2.09. The maximum atomic E-state index is 12.2. The SMILES string of the molecule is COc1ccc(/C(C#N)=C\c2ccc(OC(=O)c3ccc(Br)o3)c(OC)c2)cc1. The number of esters is 1. The average molecular weight is 454 g/mol. The van der Waals surface area contributed by atoms with Crippen LogP contribution in [0.5, 0.6) is 17.2 Å². The highest BCUT2D eigenvalue weighted by Crippen LogP contribution is 2.31. The van der Waals surface area contributed by atoms with E-state index < -0.39 is 5.97 Å². The van der Waals surface area contributed by atoms with Crippen molar-refractivity contribution in [3.63, 3.8) is 0 Å². The minimum absolute atomic E-state index is 0.0640. The number of benzene rings is 2. The fraction of sp³-hybridized carbons (Fsp3) is 0.0909. The van der Waals surface area contributed by atoms with Gasteiger partial charge in [0.05, 0.1) is 25.9 Å². The highest BCUT2D eigenvalue weighted by Gasteiger charge is 2.16. The fourth-order valence-electron chi connectivity index (χ4n) is 2.55. The predicted octanol–water partition coefficient (Wildman–Crippen LogP) is 5.34. The molecule has 0 saturated carbocycles. The first kappa shape index (κ1) is 20.2. The normalized spacial score (nSPS) is 10.9. The first-order valence-corrected chi connectivity index (χ1v) is 9.25. The number of carbonyl (C=O) groups is 1. The molecule has 1 aromatic heterocycles. The molecule has 0 bridgehead atoms. The lowest BCUT2D eigenvalue weighted by atomic mass is 10.0. The molecule has 0 saturated heterocycles. The summed E-state index contributed by atoms with van der Waals surface area (Å²) in [4.78, 5) is 12.2. The van der Waals surface area contributed by atoms with Crippen LogP contribution in [0.4, 0.5) is 0 Å². The van der Waals surface area contributed by atoms with Crippen molar-refractivity contribution in [1.82, 2.24) is 0 Å². The number of hydrogen-bond donors (Lipinski definition) is 0. The van der Waals surface area contributed by atoms with Crippen LogP contribution in [0, 0.1) is 11.3 Å². The van der Waals surface area contributed by atoms with Crippen molar-refractivity contribution in [2.45, 2.75) is 0 Å². The molecule has 3 aromatic rings. The van der Waals surface area contributed by atoms with Crippen molar-refractivity contribution in [3.05, 3.63) is 76.2 Å². The fourth-order valence-corrected chi connectivity index (χ4v) is 2.86. The molecule has 1 heterocycles. The van der Waals surface area contributed by atoms with Crippen LogP contribution in [0.3, 0.4) is 0 Å². The lowest BCUT2D eigenvalue weighted by molar-refractivity contribution is 0.0695. The van der Waals surface area contributed by atoms with E-state index in [2.05, 4.69) is 22.0 Å². The van der Waals surface area contributed by atoms with E-state index in [9.17, 15) is 10.1 Å². The van der Waals surface area contributed by atoms with Crippen molar-refractivity contribution in [2.24, 2.45) is 0 Å². The molecule has 2 aromatic carbocycles. The number of halogens is 1. The first-order chi connectivity index (χ1) is 14.0. The van der Waals surface area contributed by atoms with Gasteiger partial charge in [-0.15, -0.1) is 0 Å². The average Bonchev–Trinajstić information content (AvgIpc) is 3.19. The summed E-state index contributed by atoms with van der Waals surface area (Å²) in [6, 6.07) is 17.5. The van der Waals surface area contributed by atoms with Gasteiger partial charge in [0.2, 0.25) is 5.76 Å². The number of nitrogens with zero attached hydrogens (tertiary/aromatic N) is 1. The molecule has 6 nitrogen and oxygen atoms in total. The first-order valence-electron chi connectivity index (χ1n) is 8.46. The Morgan fingerprint density at radius 3 is 2.38 bits per heavy atom. The second-order valence-corrected chi connectivity index (χ2v) is 6.58. The number of allylic oxidation sites excluding steroid dienone is 1. The van der Waals surface area contributed by atoms with Crippen molar-refractivity contribution in [3.8, 4) is 23.3 Å². The van der Waals surface area contributed by atoms with Gasteiger partial charge < -0.3 is 18.6 Å². The zero-order valence-electron chi connectivity index (χ0n) is 15.6. The molecule has 0 atom stereocenters. The van der Waals surface area contributed by atoms with Gasteiger partial charge in [0.25, 0.3) is 0 Å². The molecule has 3 rings (SSSR count). The minimum Gasteiger partial charge on any atom is -0.497 e. The third-order valence-electron chi connectivity index (χ3n) is 4.00. The van der Waals surface area contributed by atoms with E-state index >= 15 is 0 Å². The molecular formula is C22H16BrNO5. The zero-order chi connectivity index (χ0) is 20.8. The van der Waals surface area contributed by atoms with Gasteiger partial charge in [-0.25, -0.2) is 4.79 Å². The molecule has 7 heteroatoms. The van der Waals surface area contributed by atoms with E-state index in [4.69, 9.17) is 18.6 Å². The molecular weight excluding hydrogens is 438 g/mol. The molecule has 0 N–H and O–H groups in total. The summed E-state index contributed by atoms with van der Waals surface area (Å²) < 4.78 is 21.5. The topological polar surface area (TPSA) is 81.7 Å². The minimum atomic E-state index is -0.645. The summed E-state index contributed by atoms with van der Waals surface area (Å²) in [7, 11) is 3.06. The molecule has 0 aliphatic carbocycles. The standard InChI is InChI=1S/C22H16BrNO5/c1-26-17-6-4-15(5-7-17)16(13-24)11-14-3-8-18(20(12-14)27-2)29-22(25)19-9-10-21(23)28-19/h3-12H,1-2H3/b16-11-. The Kier molecular flexibility index (Phi) is 6.37. The van der Waals surface area contributed by atoms with Gasteiger partial charge in [0, 0.05) is 0 Å². The smallest absolute Gasteiger partial charge is 0.379 e. The van der Waals surface area contributed by atoms with E-state index in [1.807, 2.05) is 12.1 Å². The van der Waals surface area contributed by atoms with Crippen LogP contribution in [0.25, 0.3) is 11.6 Å². The van der Waals surface area contributed by atoms with Crippen LogP contribution in [0.2, 0.25) is 0 Å². The summed E-state index contributed by atoms with van der Waals surface area (Å²) in [6.45, 7) is 0. The van der Waals surface area contributed by atoms with Crippen LogP contribution in [-0.2, 0) is 0 Å². The van der Waals surface area contributed by atoms with Gasteiger partial charge in [-0.2, -0.15) is 5.26 Å². The highest BCUT2D eigenvalue weighted by molar-refractivity contribution is 9.10. The second kappa shape index (κ2) is 9.13. The molecule has 0 fully saturated rings. The Bertz CT molecular complexity index is 1090. The third kappa shape index (κ3) is 4.86. The van der Waals surface area contributed by atoms with Gasteiger partial charge in [0.15, 0.2) is 16.2 Å². The summed E-state index contributed by atoms with van der Waals surface area (Å²) in [5.74, 6) is 0.722. The number of ether oxygens (including phenoxy) is 3. The van der Waals surface area contributed by atoms with Crippen molar-refractivity contribution < 1.29 is 23.4 Å². The number of rotatable bonds is 6. The van der Waals surface area contributed by atoms with E-state index in [0.29, 0.717) is 21.7 Å². The molecule has 146 valence electrons. The molecule has 0 radical (unpaired) electrons. The third-order valence-corrected chi connectivity index (χ3v) is 4.42. The van der Waals surface area contributed by atoms with E-state index in [-0.39, 0.29) is 11.5 Å². The molecule has 0 spiro atoms. The summed E-state index contributed by atoms with van der Waals surface area (Å²) in [6.07, 6.45) is 1.72. The van der Waals surface area contributed by atoms with Gasteiger partial charge in [0.1, 0.15) is 5.75 Å². The maximum Gasteiger partial charge on any atom is 0.379 e. The van der Waals surface area contributed by atoms with E-state index in [0.717, 1.165) is 11.1 Å². The Morgan fingerprint density at radius 2 is 1.79 bits per heavy atom. The summed E-state index contributed by atoms with van der Waals surface area (Å²) in [5, 5.41) is 9.53. The summed E-state index contributed by atoms with van der Waals surface area (Å²) >= 11 is 3.14. The van der Waals surface area contributed by atoms with Gasteiger partial charge in [-0.1, -0.05) is 6.07 Å². The van der Waals surface area contributed by atoms with Crippen LogP contribution in [0.15, 0.2) is 63.7 Å². The van der Waals surface area contributed by atoms with Crippen LogP contribution in [0.1, 0.15) is 21.7 Å². The molecule has 0 unspecified atom stereocenters. The monoisotopic (exact) mass is 453 g/mol. The Labute approximate surface area is 176 Å². The Balaban J connectivity index is 1.85. The number of methoxy groups -OCH3 is 2. The molecule has 0 amide bonds. The highest BCUT2D eigenvalue weighted by atomic mass is 79.9. The molecule has 0 aliphatic heterocycles. The number of nitriles is 1. The number of carbonyl (C=O) groups excluding carboxylic acids is 1. The Morgan fingerprint density at radius 1 is 1.03 bits per heavy atom. The van der Waals surface area contributed by atoms with Crippen molar-refractivity contribution in [1.29, 1.82) is 5.26 Å². The van der Waals surface area contributed by atoms with Crippen molar-refractivity contribution in [2.75, 3.05) is 14.2 Å². The predicted molar refractivity (Wildman–Crippen MR) is 111 cm³/mol. The summed E-state index contributed by atoms with van der Waals surface area (Å²) in [5.41, 5.74) is 1.95. The Hall–Kier alpha value is -3.50. The number of furan rings is 1. The van der Waals surface area contributed by atoms with Gasteiger partial charge in [-0.05, 0) is 81.7 Å². The number of hydrogen-bond acceptors (Lipinski definition) is 6. The molecule has 0 aliphatic rings. The van der Waals surface area contributed by atoms with Gasteiger partial charge >= 0.3 is 5.97 Å². The molecule has 29 heavy (non-hydrogen) atoms. The lowest BCUT2D eigenvalue weighted by Crippen LogP contribution is -2.08.